The minimum atomic E-state index is -0.271. The summed E-state index contributed by atoms with van der Waals surface area (Å²) >= 11 is 6.93. The van der Waals surface area contributed by atoms with E-state index in [9.17, 15) is 4.39 Å². The number of benzene rings is 1. The third-order valence-corrected chi connectivity index (χ3v) is 4.61. The molecule has 0 amide bonds. The van der Waals surface area contributed by atoms with Crippen LogP contribution in [0.15, 0.2) is 18.2 Å². The van der Waals surface area contributed by atoms with Crippen molar-refractivity contribution >= 4 is 29.0 Å². The number of nitrogens with zero attached hydrogens (tertiary/aromatic N) is 1. The maximum atomic E-state index is 13.6. The summed E-state index contributed by atoms with van der Waals surface area (Å²) in [6.07, 6.45) is 0. The van der Waals surface area contributed by atoms with Crippen LogP contribution >= 0.6 is 24.0 Å². The zero-order chi connectivity index (χ0) is 14.0. The fourth-order valence-corrected chi connectivity index (χ4v) is 4.06. The minimum absolute atomic E-state index is 0.247. The third-order valence-electron chi connectivity index (χ3n) is 3.14. The average molecular weight is 298 g/mol. The molecule has 0 saturated carbocycles. The number of rotatable bonds is 3. The summed E-state index contributed by atoms with van der Waals surface area (Å²) < 4.78 is 13.6. The van der Waals surface area contributed by atoms with Crippen LogP contribution in [0.2, 0.25) is 0 Å². The number of halogens is 1. The van der Waals surface area contributed by atoms with Crippen molar-refractivity contribution in [2.24, 2.45) is 5.73 Å². The van der Waals surface area contributed by atoms with Gasteiger partial charge in [-0.15, -0.1) is 0 Å². The van der Waals surface area contributed by atoms with Gasteiger partial charge in [0.25, 0.3) is 0 Å². The lowest BCUT2D eigenvalue weighted by Gasteiger charge is -2.34. The van der Waals surface area contributed by atoms with Crippen LogP contribution in [0.3, 0.4) is 0 Å². The summed E-state index contributed by atoms with van der Waals surface area (Å²) in [6, 6.07) is 4.85. The molecule has 19 heavy (non-hydrogen) atoms. The second-order valence-corrected chi connectivity index (χ2v) is 7.49. The highest BCUT2D eigenvalue weighted by molar-refractivity contribution is 8.00. The Balaban J connectivity index is 2.12. The molecular formula is C14H19FN2S2. The molecular weight excluding hydrogens is 279 g/mol. The van der Waals surface area contributed by atoms with Crippen molar-refractivity contribution in [3.63, 3.8) is 0 Å². The molecule has 0 spiro atoms. The Bertz CT molecular complexity index is 469. The van der Waals surface area contributed by atoms with E-state index >= 15 is 0 Å². The lowest BCUT2D eigenvalue weighted by atomic mass is 10.1. The predicted molar refractivity (Wildman–Crippen MR) is 84.1 cm³/mol. The van der Waals surface area contributed by atoms with Crippen molar-refractivity contribution in [1.29, 1.82) is 0 Å². The second-order valence-electron chi connectivity index (χ2n) is 5.16. The minimum Gasteiger partial charge on any atom is -0.389 e. The Kier molecular flexibility index (Phi) is 4.81. The van der Waals surface area contributed by atoms with Gasteiger partial charge in [0.05, 0.1) is 0 Å². The number of nitrogens with two attached hydrogens (primary N) is 1. The van der Waals surface area contributed by atoms with Gasteiger partial charge in [0.15, 0.2) is 0 Å². The van der Waals surface area contributed by atoms with E-state index in [0.717, 1.165) is 25.2 Å². The fraction of sp³-hybridized carbons (Fsp3) is 0.500. The normalized spacial score (nSPS) is 24.4. The highest BCUT2D eigenvalue weighted by Gasteiger charge is 2.22. The van der Waals surface area contributed by atoms with Gasteiger partial charge in [-0.05, 0) is 23.8 Å². The van der Waals surface area contributed by atoms with E-state index in [-0.39, 0.29) is 10.8 Å². The zero-order valence-electron chi connectivity index (χ0n) is 11.2. The second kappa shape index (κ2) is 6.20. The van der Waals surface area contributed by atoms with E-state index in [2.05, 4.69) is 18.7 Å². The smallest absolute Gasteiger partial charge is 0.124 e. The molecule has 1 aliphatic rings. The predicted octanol–water partition coefficient (Wildman–Crippen LogP) is 2.79. The molecule has 2 atom stereocenters. The van der Waals surface area contributed by atoms with Crippen molar-refractivity contribution in [3.8, 4) is 0 Å². The molecule has 0 bridgehead atoms. The first-order valence-corrected chi connectivity index (χ1v) is 7.76. The van der Waals surface area contributed by atoms with Crippen molar-refractivity contribution in [2.45, 2.75) is 30.9 Å². The zero-order valence-corrected chi connectivity index (χ0v) is 12.9. The Morgan fingerprint density at radius 2 is 2.00 bits per heavy atom. The summed E-state index contributed by atoms with van der Waals surface area (Å²) in [4.78, 5) is 2.61. The molecule has 1 saturated heterocycles. The number of thioether (sulfide) groups is 1. The van der Waals surface area contributed by atoms with E-state index in [1.165, 1.54) is 6.07 Å². The Hall–Kier alpha value is -0.650. The summed E-state index contributed by atoms with van der Waals surface area (Å²) in [6.45, 7) is 7.29. The molecule has 1 heterocycles. The van der Waals surface area contributed by atoms with Gasteiger partial charge in [-0.1, -0.05) is 26.1 Å². The molecule has 1 fully saturated rings. The molecule has 0 radical (unpaired) electrons. The lowest BCUT2D eigenvalue weighted by Crippen LogP contribution is -2.39. The van der Waals surface area contributed by atoms with Gasteiger partial charge in [-0.3, -0.25) is 4.90 Å². The van der Waals surface area contributed by atoms with Crippen LogP contribution < -0.4 is 5.73 Å². The third kappa shape index (κ3) is 4.16. The molecule has 2 nitrogen and oxygen atoms in total. The molecule has 1 aliphatic heterocycles. The van der Waals surface area contributed by atoms with Crippen molar-refractivity contribution in [3.05, 3.63) is 35.1 Å². The summed E-state index contributed by atoms with van der Waals surface area (Å²) in [5.74, 6) is -0.271. The summed E-state index contributed by atoms with van der Waals surface area (Å²) in [5, 5.41) is 1.24. The van der Waals surface area contributed by atoms with Gasteiger partial charge >= 0.3 is 0 Å². The Morgan fingerprint density at radius 1 is 1.37 bits per heavy atom. The number of hydrogen-bond donors (Lipinski definition) is 1. The molecule has 2 unspecified atom stereocenters. The van der Waals surface area contributed by atoms with Crippen molar-refractivity contribution in [1.82, 2.24) is 4.90 Å². The Morgan fingerprint density at radius 3 is 2.58 bits per heavy atom. The maximum absolute atomic E-state index is 13.6. The largest absolute Gasteiger partial charge is 0.389 e. The van der Waals surface area contributed by atoms with Crippen molar-refractivity contribution in [2.75, 3.05) is 13.1 Å². The van der Waals surface area contributed by atoms with Crippen LogP contribution in [0.5, 0.6) is 0 Å². The van der Waals surface area contributed by atoms with Crippen LogP contribution in [0.25, 0.3) is 0 Å². The number of hydrogen-bond acceptors (Lipinski definition) is 3. The number of thiocarbonyl (C=S) groups is 1. The van der Waals surface area contributed by atoms with E-state index in [1.807, 2.05) is 17.8 Å². The topological polar surface area (TPSA) is 29.3 Å². The van der Waals surface area contributed by atoms with E-state index < -0.39 is 0 Å². The van der Waals surface area contributed by atoms with Crippen LogP contribution in [-0.2, 0) is 6.54 Å². The Labute approximate surface area is 123 Å². The lowest BCUT2D eigenvalue weighted by molar-refractivity contribution is 0.262. The first-order chi connectivity index (χ1) is 8.94. The van der Waals surface area contributed by atoms with E-state index in [0.29, 0.717) is 16.1 Å². The highest BCUT2D eigenvalue weighted by Crippen LogP contribution is 2.26. The van der Waals surface area contributed by atoms with Gasteiger partial charge in [0.1, 0.15) is 10.8 Å². The van der Waals surface area contributed by atoms with E-state index in [4.69, 9.17) is 18.0 Å². The maximum Gasteiger partial charge on any atom is 0.124 e. The standard InChI is InChI=1S/C14H19FN2S2/c1-9-6-17(7-10(2)19-9)8-11-3-12(14(16)18)5-13(15)4-11/h3-5,9-10H,6-8H2,1-2H3,(H2,16,18). The molecule has 0 aliphatic carbocycles. The molecule has 104 valence electrons. The quantitative estimate of drug-likeness (QED) is 0.869. The van der Waals surface area contributed by atoms with Crippen LogP contribution in [0.4, 0.5) is 4.39 Å². The molecule has 1 aromatic carbocycles. The monoisotopic (exact) mass is 298 g/mol. The molecule has 0 aromatic heterocycles. The molecule has 2 rings (SSSR count). The molecule has 1 aromatic rings. The summed E-state index contributed by atoms with van der Waals surface area (Å²) in [7, 11) is 0. The van der Waals surface area contributed by atoms with Gasteiger partial charge in [0.2, 0.25) is 0 Å². The van der Waals surface area contributed by atoms with Gasteiger partial charge < -0.3 is 5.73 Å². The summed E-state index contributed by atoms with van der Waals surface area (Å²) in [5.41, 5.74) is 7.12. The first-order valence-electron chi connectivity index (χ1n) is 6.41. The molecule has 5 heteroatoms. The van der Waals surface area contributed by atoms with Gasteiger partial charge in [-0.25, -0.2) is 4.39 Å². The average Bonchev–Trinajstić information content (AvgIpc) is 2.26. The SMILES string of the molecule is CC1CN(Cc2cc(F)cc(C(N)=S)c2)CC(C)S1. The molecule has 2 N–H and O–H groups in total. The van der Waals surface area contributed by atoms with Gasteiger partial charge in [-0.2, -0.15) is 11.8 Å². The fourth-order valence-electron chi connectivity index (χ4n) is 2.56. The highest BCUT2D eigenvalue weighted by atomic mass is 32.2. The van der Waals surface area contributed by atoms with E-state index in [1.54, 1.807) is 6.07 Å². The first kappa shape index (κ1) is 14.8. The van der Waals surface area contributed by atoms with Crippen molar-refractivity contribution < 1.29 is 4.39 Å². The van der Waals surface area contributed by atoms with Crippen LogP contribution in [-0.4, -0.2) is 33.5 Å². The van der Waals surface area contributed by atoms with Crippen LogP contribution in [0.1, 0.15) is 25.0 Å². The van der Waals surface area contributed by atoms with Gasteiger partial charge in [0, 0.05) is 35.7 Å². The van der Waals surface area contributed by atoms with Crippen LogP contribution in [0, 0.1) is 5.82 Å².